The van der Waals surface area contributed by atoms with Gasteiger partial charge in [-0.15, -0.1) is 0 Å². The van der Waals surface area contributed by atoms with E-state index in [2.05, 4.69) is 12.2 Å². The Bertz CT molecular complexity index is 1330. The molecule has 4 N–H and O–H groups in total. The molecule has 252 valence electrons. The lowest BCUT2D eigenvalue weighted by atomic mass is 9.77. The van der Waals surface area contributed by atoms with Gasteiger partial charge < -0.3 is 35.0 Å². The van der Waals surface area contributed by atoms with Crippen molar-refractivity contribution in [1.29, 1.82) is 0 Å². The van der Waals surface area contributed by atoms with Gasteiger partial charge in [-0.2, -0.15) is 0 Å². The van der Waals surface area contributed by atoms with E-state index in [9.17, 15) is 29.3 Å². The zero-order valence-electron chi connectivity index (χ0n) is 27.1. The summed E-state index contributed by atoms with van der Waals surface area (Å²) in [4.78, 5) is 29.0. The first-order valence-electron chi connectivity index (χ1n) is 16.6. The first kappa shape index (κ1) is 35.4. The summed E-state index contributed by atoms with van der Waals surface area (Å²) >= 11 is 0. The molecule has 1 heterocycles. The maximum atomic E-state index is 13.9. The highest BCUT2D eigenvalue weighted by Gasteiger charge is 2.51. The number of nitrogens with one attached hydrogen (secondary N) is 1. The number of carbonyl (C=O) groups is 2. The molecule has 2 amide bonds. The second-order valence-corrected chi connectivity index (χ2v) is 12.2. The summed E-state index contributed by atoms with van der Waals surface area (Å²) in [5.74, 6) is -1.02. The Morgan fingerprint density at radius 1 is 0.978 bits per heavy atom. The number of halogens is 1. The van der Waals surface area contributed by atoms with Gasteiger partial charge in [0, 0.05) is 30.6 Å². The molecule has 4 unspecified atom stereocenters. The Morgan fingerprint density at radius 3 is 2.28 bits per heavy atom. The first-order chi connectivity index (χ1) is 22.3. The van der Waals surface area contributed by atoms with Crippen molar-refractivity contribution in [2.24, 2.45) is 0 Å². The van der Waals surface area contributed by atoms with Crippen molar-refractivity contribution >= 4 is 11.8 Å². The number of ether oxygens (including phenoxy) is 2. The van der Waals surface area contributed by atoms with Gasteiger partial charge in [-0.25, -0.2) is 4.39 Å². The minimum atomic E-state index is -1.22. The van der Waals surface area contributed by atoms with Crippen LogP contribution in [0.25, 0.3) is 0 Å². The lowest BCUT2D eigenvalue weighted by molar-refractivity contribution is -0.138. The van der Waals surface area contributed by atoms with Gasteiger partial charge in [0.1, 0.15) is 18.0 Å². The number of amides is 2. The molecule has 0 bridgehead atoms. The van der Waals surface area contributed by atoms with Gasteiger partial charge in [0.15, 0.2) is 11.5 Å². The third kappa shape index (κ3) is 8.66. The maximum Gasteiger partial charge on any atom is 0.247 e. The number of aliphatic hydroxyl groups excluding tert-OH is 3. The minimum Gasteiger partial charge on any atom is -0.493 e. The fraction of sp³-hybridized carbons (Fsp3) is 0.556. The Hall–Kier alpha value is -3.47. The number of benzene rings is 2. The molecule has 1 aliphatic heterocycles. The molecular weight excluding hydrogens is 591 g/mol. The van der Waals surface area contributed by atoms with Crippen LogP contribution in [0.1, 0.15) is 93.7 Å². The number of methoxy groups -OCH3 is 1. The summed E-state index contributed by atoms with van der Waals surface area (Å²) in [6.45, 7) is 1.80. The zero-order chi connectivity index (χ0) is 33.1. The maximum absolute atomic E-state index is 13.9. The minimum absolute atomic E-state index is 0.0192. The number of aliphatic hydroxyl groups is 3. The van der Waals surface area contributed by atoms with Crippen LogP contribution in [0.5, 0.6) is 11.5 Å². The summed E-state index contributed by atoms with van der Waals surface area (Å²) in [6.07, 6.45) is 9.70. The van der Waals surface area contributed by atoms with E-state index in [0.29, 0.717) is 34.6 Å². The smallest absolute Gasteiger partial charge is 0.247 e. The lowest BCUT2D eigenvalue weighted by Gasteiger charge is -2.41. The van der Waals surface area contributed by atoms with Crippen LogP contribution in [0.15, 0.2) is 48.0 Å². The Labute approximate surface area is 271 Å². The van der Waals surface area contributed by atoms with Crippen molar-refractivity contribution in [2.45, 2.75) is 108 Å². The van der Waals surface area contributed by atoms with E-state index in [0.717, 1.165) is 19.3 Å². The van der Waals surface area contributed by atoms with Crippen LogP contribution < -0.4 is 14.8 Å². The molecule has 1 aliphatic carbocycles. The Balaban J connectivity index is 1.62. The molecule has 2 aromatic carbocycles. The van der Waals surface area contributed by atoms with Gasteiger partial charge in [-0.05, 0) is 47.9 Å². The van der Waals surface area contributed by atoms with Crippen LogP contribution >= 0.6 is 0 Å². The third-order valence-electron chi connectivity index (χ3n) is 8.94. The molecule has 4 atom stereocenters. The largest absolute Gasteiger partial charge is 0.493 e. The van der Waals surface area contributed by atoms with Crippen LogP contribution in [-0.2, 0) is 22.7 Å². The van der Waals surface area contributed by atoms with Crippen LogP contribution in [0.4, 0.5) is 4.39 Å². The van der Waals surface area contributed by atoms with Crippen LogP contribution in [0, 0.1) is 5.82 Å². The summed E-state index contributed by atoms with van der Waals surface area (Å²) < 4.78 is 25.6. The summed E-state index contributed by atoms with van der Waals surface area (Å²) in [7, 11) is 1.47. The lowest BCUT2D eigenvalue weighted by Crippen LogP contribution is -2.55. The van der Waals surface area contributed by atoms with Gasteiger partial charge in [-0.3, -0.25) is 9.59 Å². The van der Waals surface area contributed by atoms with Gasteiger partial charge >= 0.3 is 0 Å². The van der Waals surface area contributed by atoms with Crippen LogP contribution in [0.3, 0.4) is 0 Å². The Kier molecular flexibility index (Phi) is 13.4. The molecule has 0 aromatic heterocycles. The molecule has 2 aromatic rings. The van der Waals surface area contributed by atoms with Gasteiger partial charge in [0.05, 0.1) is 32.3 Å². The molecule has 10 heteroatoms. The van der Waals surface area contributed by atoms with E-state index in [-0.39, 0.29) is 44.2 Å². The number of rotatable bonds is 18. The summed E-state index contributed by atoms with van der Waals surface area (Å²) in [6, 6.07) is 8.32. The van der Waals surface area contributed by atoms with E-state index in [1.807, 2.05) is 0 Å². The van der Waals surface area contributed by atoms with Crippen molar-refractivity contribution in [3.05, 3.63) is 70.6 Å². The normalized spacial score (nSPS) is 19.9. The number of nitrogens with zero attached hydrogens (tertiary/aromatic N) is 1. The van der Waals surface area contributed by atoms with E-state index < -0.39 is 35.9 Å². The summed E-state index contributed by atoms with van der Waals surface area (Å²) in [5, 5.41) is 33.9. The van der Waals surface area contributed by atoms with E-state index in [4.69, 9.17) is 9.47 Å². The number of carbonyl (C=O) groups excluding carboxylic acids is 2. The SMILES string of the molecule is CCCCCCCCCCCC(=O)N(Cc1ccc(F)cc1)C1C=C(C(=O)NCCO)C2c3cc(CO)cc(OC)c3OC2C1O. The zero-order valence-corrected chi connectivity index (χ0v) is 27.1. The fourth-order valence-electron chi connectivity index (χ4n) is 6.50. The third-order valence-corrected chi connectivity index (χ3v) is 8.94. The fourth-order valence-corrected chi connectivity index (χ4v) is 6.50. The highest BCUT2D eigenvalue weighted by Crippen LogP contribution is 2.51. The molecular formula is C36H49FN2O7. The van der Waals surface area contributed by atoms with Crippen LogP contribution in [0.2, 0.25) is 0 Å². The van der Waals surface area contributed by atoms with Crippen molar-refractivity contribution in [2.75, 3.05) is 20.3 Å². The molecule has 0 spiro atoms. The molecule has 46 heavy (non-hydrogen) atoms. The van der Waals surface area contributed by atoms with E-state index in [1.165, 1.54) is 51.3 Å². The average Bonchev–Trinajstić information content (AvgIpc) is 3.46. The van der Waals surface area contributed by atoms with Crippen LogP contribution in [-0.4, -0.2) is 70.5 Å². The topological polar surface area (TPSA) is 129 Å². The molecule has 0 saturated heterocycles. The molecule has 2 aliphatic rings. The van der Waals surface area contributed by atoms with Gasteiger partial charge in [0.2, 0.25) is 11.8 Å². The van der Waals surface area contributed by atoms with Crippen molar-refractivity contribution in [3.8, 4) is 11.5 Å². The molecule has 4 rings (SSSR count). The first-order valence-corrected chi connectivity index (χ1v) is 16.6. The second kappa shape index (κ2) is 17.4. The monoisotopic (exact) mass is 640 g/mol. The number of unbranched alkanes of at least 4 members (excludes halogenated alkanes) is 8. The van der Waals surface area contributed by atoms with Crippen molar-refractivity contribution in [1.82, 2.24) is 10.2 Å². The second-order valence-electron chi connectivity index (χ2n) is 12.2. The Morgan fingerprint density at radius 2 is 1.65 bits per heavy atom. The average molecular weight is 641 g/mol. The van der Waals surface area contributed by atoms with Gasteiger partial charge in [-0.1, -0.05) is 70.4 Å². The quantitative estimate of drug-likeness (QED) is 0.171. The molecule has 0 saturated carbocycles. The number of hydrogen-bond donors (Lipinski definition) is 4. The van der Waals surface area contributed by atoms with E-state index in [1.54, 1.807) is 35.2 Å². The van der Waals surface area contributed by atoms with E-state index >= 15 is 0 Å². The summed E-state index contributed by atoms with van der Waals surface area (Å²) in [5.41, 5.74) is 2.10. The van der Waals surface area contributed by atoms with Crippen molar-refractivity contribution < 1.29 is 38.8 Å². The van der Waals surface area contributed by atoms with Gasteiger partial charge in [0.25, 0.3) is 0 Å². The molecule has 0 radical (unpaired) electrons. The highest BCUT2D eigenvalue weighted by atomic mass is 19.1. The predicted molar refractivity (Wildman–Crippen MR) is 173 cm³/mol. The van der Waals surface area contributed by atoms with Crippen molar-refractivity contribution in [3.63, 3.8) is 0 Å². The number of hydrogen-bond acceptors (Lipinski definition) is 7. The molecule has 9 nitrogen and oxygen atoms in total. The molecule has 0 fully saturated rings. The predicted octanol–water partition coefficient (Wildman–Crippen LogP) is 4.90. The number of fused-ring (bicyclic) bond motifs is 3. The standard InChI is InChI=1S/C36H49FN2O7/c1-3-4-5-6-7-8-9-10-11-12-31(42)39(22-24-13-15-26(37)16-14-24)29-21-28(36(44)38-17-18-40)32-27-19-25(23-41)20-30(45-2)34(27)46-35(32)33(29)43/h13-16,19-21,29,32-33,35,40-41,43H,3-12,17-18,22-23H2,1-2H3,(H,38,44). The highest BCUT2D eigenvalue weighted by molar-refractivity contribution is 5.96.